The lowest BCUT2D eigenvalue weighted by Gasteiger charge is -2.26. The highest BCUT2D eigenvalue weighted by Gasteiger charge is 2.21. The Morgan fingerprint density at radius 3 is 2.57 bits per heavy atom. The van der Waals surface area contributed by atoms with Crippen LogP contribution in [-0.2, 0) is 4.74 Å². The molecule has 2 unspecified atom stereocenters. The molecule has 0 aromatic heterocycles. The molecular formula is C11H23NO2. The number of aliphatic hydroxyl groups excluding tert-OH is 1. The Morgan fingerprint density at radius 2 is 2.00 bits per heavy atom. The Balaban J connectivity index is 2.20. The van der Waals surface area contributed by atoms with E-state index in [9.17, 15) is 5.11 Å². The summed E-state index contributed by atoms with van der Waals surface area (Å²) in [6, 6.07) is -0.113. The molecule has 0 radical (unpaired) electrons. The third-order valence-corrected chi connectivity index (χ3v) is 3.16. The van der Waals surface area contributed by atoms with Crippen LogP contribution in [0.2, 0.25) is 0 Å². The first-order valence-corrected chi connectivity index (χ1v) is 5.66. The fourth-order valence-electron chi connectivity index (χ4n) is 2.26. The number of nitrogens with two attached hydrogens (primary N) is 1. The van der Waals surface area contributed by atoms with Gasteiger partial charge in [0.2, 0.25) is 0 Å². The molecule has 14 heavy (non-hydrogen) atoms. The van der Waals surface area contributed by atoms with Gasteiger partial charge in [0.05, 0.1) is 12.7 Å². The topological polar surface area (TPSA) is 55.5 Å². The molecule has 3 nitrogen and oxygen atoms in total. The first kappa shape index (κ1) is 12.0. The van der Waals surface area contributed by atoms with Crippen molar-refractivity contribution in [2.45, 2.75) is 50.7 Å². The van der Waals surface area contributed by atoms with Crippen molar-refractivity contribution < 1.29 is 9.84 Å². The maximum Gasteiger partial charge on any atom is 0.0924 e. The van der Waals surface area contributed by atoms with E-state index in [0.717, 1.165) is 12.3 Å². The van der Waals surface area contributed by atoms with Gasteiger partial charge in [-0.1, -0.05) is 32.1 Å². The third-order valence-electron chi connectivity index (χ3n) is 3.16. The van der Waals surface area contributed by atoms with E-state index in [1.165, 1.54) is 32.1 Å². The zero-order valence-electron chi connectivity index (χ0n) is 9.11. The van der Waals surface area contributed by atoms with Gasteiger partial charge in [-0.2, -0.15) is 0 Å². The number of methoxy groups -OCH3 is 1. The SMILES string of the molecule is COCC(O)C(N)CC1CCCCC1. The summed E-state index contributed by atoms with van der Waals surface area (Å²) in [6.45, 7) is 0.355. The van der Waals surface area contributed by atoms with E-state index < -0.39 is 6.10 Å². The number of rotatable bonds is 5. The Hall–Kier alpha value is -0.120. The maximum absolute atomic E-state index is 9.60. The van der Waals surface area contributed by atoms with Crippen molar-refractivity contribution >= 4 is 0 Å². The molecule has 1 fully saturated rings. The van der Waals surface area contributed by atoms with Crippen molar-refractivity contribution in [3.8, 4) is 0 Å². The van der Waals surface area contributed by atoms with Gasteiger partial charge in [0.1, 0.15) is 0 Å². The highest BCUT2D eigenvalue weighted by Crippen LogP contribution is 2.27. The van der Waals surface area contributed by atoms with E-state index in [2.05, 4.69) is 0 Å². The number of hydrogen-bond acceptors (Lipinski definition) is 3. The molecule has 0 spiro atoms. The molecule has 3 N–H and O–H groups in total. The molecule has 0 heterocycles. The van der Waals surface area contributed by atoms with Gasteiger partial charge >= 0.3 is 0 Å². The zero-order chi connectivity index (χ0) is 10.4. The number of aliphatic hydroxyl groups is 1. The predicted octanol–water partition coefficient (Wildman–Crippen LogP) is 1.29. The first-order chi connectivity index (χ1) is 6.74. The quantitative estimate of drug-likeness (QED) is 0.704. The lowest BCUT2D eigenvalue weighted by molar-refractivity contribution is 0.0408. The summed E-state index contributed by atoms with van der Waals surface area (Å²) < 4.78 is 4.88. The molecular weight excluding hydrogens is 178 g/mol. The van der Waals surface area contributed by atoms with Crippen LogP contribution in [0.5, 0.6) is 0 Å². The second-order valence-corrected chi connectivity index (χ2v) is 4.43. The summed E-state index contributed by atoms with van der Waals surface area (Å²) >= 11 is 0. The smallest absolute Gasteiger partial charge is 0.0924 e. The van der Waals surface area contributed by atoms with Crippen LogP contribution in [0.15, 0.2) is 0 Å². The van der Waals surface area contributed by atoms with E-state index in [4.69, 9.17) is 10.5 Å². The van der Waals surface area contributed by atoms with Crippen LogP contribution in [0.25, 0.3) is 0 Å². The molecule has 84 valence electrons. The van der Waals surface area contributed by atoms with Gasteiger partial charge in [0.25, 0.3) is 0 Å². The molecule has 2 atom stereocenters. The van der Waals surface area contributed by atoms with Gasteiger partial charge in [0.15, 0.2) is 0 Å². The van der Waals surface area contributed by atoms with Crippen molar-refractivity contribution in [2.75, 3.05) is 13.7 Å². The summed E-state index contributed by atoms with van der Waals surface area (Å²) in [5.74, 6) is 0.727. The molecule has 0 bridgehead atoms. The minimum atomic E-state index is -0.498. The summed E-state index contributed by atoms with van der Waals surface area (Å²) in [4.78, 5) is 0. The molecule has 3 heteroatoms. The fourth-order valence-corrected chi connectivity index (χ4v) is 2.26. The van der Waals surface area contributed by atoms with Crippen molar-refractivity contribution in [3.05, 3.63) is 0 Å². The molecule has 1 aliphatic rings. The van der Waals surface area contributed by atoms with E-state index in [0.29, 0.717) is 6.61 Å². The highest BCUT2D eigenvalue weighted by atomic mass is 16.5. The number of ether oxygens (including phenoxy) is 1. The Kier molecular flexibility index (Phi) is 5.45. The third kappa shape index (κ3) is 3.95. The van der Waals surface area contributed by atoms with Crippen LogP contribution >= 0.6 is 0 Å². The predicted molar refractivity (Wildman–Crippen MR) is 57.1 cm³/mol. The van der Waals surface area contributed by atoms with Crippen molar-refractivity contribution in [1.29, 1.82) is 0 Å². The first-order valence-electron chi connectivity index (χ1n) is 5.66. The van der Waals surface area contributed by atoms with Crippen molar-refractivity contribution in [1.82, 2.24) is 0 Å². The van der Waals surface area contributed by atoms with Gasteiger partial charge in [-0.05, 0) is 12.3 Å². The molecule has 0 aromatic rings. The van der Waals surface area contributed by atoms with Crippen LogP contribution in [0, 0.1) is 5.92 Å². The Labute approximate surface area is 86.6 Å². The van der Waals surface area contributed by atoms with Crippen molar-refractivity contribution in [3.63, 3.8) is 0 Å². The molecule has 1 aliphatic carbocycles. The fraction of sp³-hybridized carbons (Fsp3) is 1.00. The van der Waals surface area contributed by atoms with Crippen LogP contribution in [0.1, 0.15) is 38.5 Å². The second kappa shape index (κ2) is 6.38. The van der Waals surface area contributed by atoms with E-state index in [1.807, 2.05) is 0 Å². The van der Waals surface area contributed by atoms with Gasteiger partial charge in [0, 0.05) is 13.2 Å². The molecule has 0 aromatic carbocycles. The van der Waals surface area contributed by atoms with Crippen LogP contribution in [0.4, 0.5) is 0 Å². The van der Waals surface area contributed by atoms with E-state index >= 15 is 0 Å². The summed E-state index contributed by atoms with van der Waals surface area (Å²) in [5.41, 5.74) is 5.90. The molecule has 0 aliphatic heterocycles. The average molecular weight is 201 g/mol. The standard InChI is InChI=1S/C11H23NO2/c1-14-8-11(13)10(12)7-9-5-3-2-4-6-9/h9-11,13H,2-8,12H2,1H3. The largest absolute Gasteiger partial charge is 0.389 e. The normalized spacial score (nSPS) is 23.4. The van der Waals surface area contributed by atoms with Gasteiger partial charge in [-0.15, -0.1) is 0 Å². The minimum absolute atomic E-state index is 0.113. The molecule has 1 saturated carbocycles. The van der Waals surface area contributed by atoms with Crippen LogP contribution in [-0.4, -0.2) is 31.0 Å². The van der Waals surface area contributed by atoms with Crippen LogP contribution < -0.4 is 5.73 Å². The monoisotopic (exact) mass is 201 g/mol. The van der Waals surface area contributed by atoms with E-state index in [-0.39, 0.29) is 6.04 Å². The highest BCUT2D eigenvalue weighted by molar-refractivity contribution is 4.77. The Bertz CT molecular complexity index is 146. The zero-order valence-corrected chi connectivity index (χ0v) is 9.11. The van der Waals surface area contributed by atoms with E-state index in [1.54, 1.807) is 7.11 Å². The molecule has 0 saturated heterocycles. The summed E-state index contributed by atoms with van der Waals surface area (Å²) in [6.07, 6.45) is 7.05. The molecule has 1 rings (SSSR count). The van der Waals surface area contributed by atoms with Crippen LogP contribution in [0.3, 0.4) is 0 Å². The second-order valence-electron chi connectivity index (χ2n) is 4.43. The van der Waals surface area contributed by atoms with Gasteiger partial charge in [-0.25, -0.2) is 0 Å². The lowest BCUT2D eigenvalue weighted by Crippen LogP contribution is -2.39. The summed E-state index contributed by atoms with van der Waals surface area (Å²) in [7, 11) is 1.59. The summed E-state index contributed by atoms with van der Waals surface area (Å²) in [5, 5.41) is 9.60. The van der Waals surface area contributed by atoms with Crippen molar-refractivity contribution in [2.24, 2.45) is 11.7 Å². The lowest BCUT2D eigenvalue weighted by atomic mass is 9.84. The Morgan fingerprint density at radius 1 is 1.36 bits per heavy atom. The van der Waals surface area contributed by atoms with Gasteiger partial charge < -0.3 is 15.6 Å². The van der Waals surface area contributed by atoms with Gasteiger partial charge in [-0.3, -0.25) is 0 Å². The minimum Gasteiger partial charge on any atom is -0.389 e. The molecule has 0 amide bonds. The number of hydrogen-bond donors (Lipinski definition) is 2. The average Bonchev–Trinajstić information content (AvgIpc) is 2.19. The maximum atomic E-state index is 9.60.